The van der Waals surface area contributed by atoms with Gasteiger partial charge in [-0.3, -0.25) is 4.79 Å². The van der Waals surface area contributed by atoms with Crippen molar-refractivity contribution in [2.45, 2.75) is 143 Å². The number of aliphatic hydroxyl groups is 1. The molecule has 0 fully saturated rings. The van der Waals surface area contributed by atoms with E-state index < -0.39 is 0 Å². The minimum atomic E-state index is -0.300. The maximum atomic E-state index is 12.9. The van der Waals surface area contributed by atoms with Crippen molar-refractivity contribution in [2.75, 3.05) is 71.1 Å². The van der Waals surface area contributed by atoms with Crippen LogP contribution in [0.2, 0.25) is 0 Å². The summed E-state index contributed by atoms with van der Waals surface area (Å²) in [6, 6.07) is 0. The Morgan fingerprint density at radius 3 is 1.88 bits per heavy atom. The number of aliphatic hydroxyl groups excluding tert-OH is 1. The third-order valence-corrected chi connectivity index (χ3v) is 9.39. The lowest BCUT2D eigenvalue weighted by molar-refractivity contribution is -0.149. The molecule has 0 amide bonds. The van der Waals surface area contributed by atoms with Gasteiger partial charge in [-0.25, -0.2) is 0 Å². The van der Waals surface area contributed by atoms with E-state index in [0.29, 0.717) is 6.61 Å². The summed E-state index contributed by atoms with van der Waals surface area (Å²) < 4.78 is 10.9. The van der Waals surface area contributed by atoms with Gasteiger partial charge in [0.1, 0.15) is 0 Å². The summed E-state index contributed by atoms with van der Waals surface area (Å²) in [5.74, 6) is 1.84. The molecule has 0 aliphatic heterocycles. The smallest absolute Gasteiger partial charge is 0.308 e. The average Bonchev–Trinajstić information content (AvgIpc) is 2.99. The highest BCUT2D eigenvalue weighted by atomic mass is 32.2. The van der Waals surface area contributed by atoms with Crippen LogP contribution in [-0.2, 0) is 14.3 Å². The number of carbonyl (C=O) groups is 1. The van der Waals surface area contributed by atoms with E-state index in [9.17, 15) is 9.90 Å². The van der Waals surface area contributed by atoms with E-state index in [2.05, 4.69) is 37.5 Å². The lowest BCUT2D eigenvalue weighted by atomic mass is 9.94. The Kier molecular flexibility index (Phi) is 31.8. The van der Waals surface area contributed by atoms with Crippen molar-refractivity contribution in [2.24, 2.45) is 5.92 Å². The zero-order chi connectivity index (χ0) is 31.1. The fourth-order valence-corrected chi connectivity index (χ4v) is 6.34. The molecule has 6 nitrogen and oxygen atoms in total. The van der Waals surface area contributed by atoms with Crippen LogP contribution in [0.3, 0.4) is 0 Å². The van der Waals surface area contributed by atoms with Crippen LogP contribution >= 0.6 is 11.8 Å². The number of hydrogen-bond donors (Lipinski definition) is 1. The molecule has 42 heavy (non-hydrogen) atoms. The van der Waals surface area contributed by atoms with Crippen molar-refractivity contribution >= 4 is 17.7 Å². The summed E-state index contributed by atoms with van der Waals surface area (Å²) >= 11 is 1.77. The molecule has 0 heterocycles. The highest BCUT2D eigenvalue weighted by molar-refractivity contribution is 7.99. The summed E-state index contributed by atoms with van der Waals surface area (Å²) in [6.45, 7) is 16.3. The Morgan fingerprint density at radius 1 is 0.690 bits per heavy atom. The summed E-state index contributed by atoms with van der Waals surface area (Å²) in [5.41, 5.74) is 0. The first-order chi connectivity index (χ1) is 20.5. The monoisotopic (exact) mass is 617 g/mol. The van der Waals surface area contributed by atoms with E-state index in [1.54, 1.807) is 18.9 Å². The van der Waals surface area contributed by atoms with Crippen LogP contribution in [-0.4, -0.2) is 98.1 Å². The molecule has 7 heteroatoms. The van der Waals surface area contributed by atoms with Crippen LogP contribution in [0.25, 0.3) is 0 Å². The van der Waals surface area contributed by atoms with E-state index in [0.717, 1.165) is 115 Å². The van der Waals surface area contributed by atoms with Gasteiger partial charge in [0.2, 0.25) is 0 Å². The minimum Gasteiger partial charge on any atom is -0.465 e. The predicted octanol–water partition coefficient (Wildman–Crippen LogP) is 8.20. The molecular formula is C35H72N2O4S. The standard InChI is InChI=1S/C35H72N2O4S/c1-6-10-12-14-15-19-24-33(23-18-13-11-7-2)35(39)41-28-21-17-16-20-25-37(27-22-26-36(8-3)9-4)31-34(38)32-42-30-29-40-5/h33-34,38H,6-32H2,1-5H3. The van der Waals surface area contributed by atoms with Gasteiger partial charge in [-0.05, 0) is 64.8 Å². The first-order valence-corrected chi connectivity index (χ1v) is 19.0. The van der Waals surface area contributed by atoms with Gasteiger partial charge in [0.05, 0.1) is 25.2 Å². The number of unbranched alkanes of at least 4 members (excludes halogenated alkanes) is 11. The van der Waals surface area contributed by atoms with E-state index >= 15 is 0 Å². The summed E-state index contributed by atoms with van der Waals surface area (Å²) in [6.07, 6.45) is 19.6. The summed E-state index contributed by atoms with van der Waals surface area (Å²) in [7, 11) is 1.72. The van der Waals surface area contributed by atoms with Gasteiger partial charge >= 0.3 is 5.97 Å². The Balaban J connectivity index is 4.40. The van der Waals surface area contributed by atoms with Crippen LogP contribution in [0.15, 0.2) is 0 Å². The number of hydrogen-bond acceptors (Lipinski definition) is 7. The number of nitrogens with zero attached hydrogens (tertiary/aromatic N) is 2. The third kappa shape index (κ3) is 26.1. The number of rotatable bonds is 33. The number of esters is 1. The molecular weight excluding hydrogens is 544 g/mol. The molecule has 0 aromatic carbocycles. The number of carbonyl (C=O) groups excluding carboxylic acids is 1. The Morgan fingerprint density at radius 2 is 1.24 bits per heavy atom. The number of ether oxygens (including phenoxy) is 2. The maximum absolute atomic E-state index is 12.9. The largest absolute Gasteiger partial charge is 0.465 e. The molecule has 0 saturated heterocycles. The van der Waals surface area contributed by atoms with Gasteiger partial charge in [0.15, 0.2) is 0 Å². The summed E-state index contributed by atoms with van der Waals surface area (Å²) in [4.78, 5) is 17.8. The van der Waals surface area contributed by atoms with Crippen molar-refractivity contribution in [1.29, 1.82) is 0 Å². The maximum Gasteiger partial charge on any atom is 0.308 e. The molecule has 2 atom stereocenters. The minimum absolute atomic E-state index is 0.0526. The number of thioether (sulfide) groups is 1. The molecule has 0 aliphatic rings. The molecule has 0 aromatic heterocycles. The second kappa shape index (κ2) is 32.1. The zero-order valence-electron chi connectivity index (χ0n) is 28.7. The van der Waals surface area contributed by atoms with E-state index in [1.807, 2.05) is 0 Å². The lowest BCUT2D eigenvalue weighted by Crippen LogP contribution is -2.37. The van der Waals surface area contributed by atoms with E-state index in [-0.39, 0.29) is 18.0 Å². The molecule has 252 valence electrons. The molecule has 0 aromatic rings. The first-order valence-electron chi connectivity index (χ1n) is 17.9. The topological polar surface area (TPSA) is 62.2 Å². The molecule has 0 radical (unpaired) electrons. The van der Waals surface area contributed by atoms with Crippen molar-refractivity contribution in [3.8, 4) is 0 Å². The zero-order valence-corrected chi connectivity index (χ0v) is 29.5. The quantitative estimate of drug-likeness (QED) is 0.0589. The Labute approximate surface area is 266 Å². The van der Waals surface area contributed by atoms with E-state index in [4.69, 9.17) is 9.47 Å². The van der Waals surface area contributed by atoms with Gasteiger partial charge in [-0.2, -0.15) is 11.8 Å². The fraction of sp³-hybridized carbons (Fsp3) is 0.971. The van der Waals surface area contributed by atoms with Gasteiger partial charge in [-0.1, -0.05) is 105 Å². The van der Waals surface area contributed by atoms with Crippen molar-refractivity contribution in [1.82, 2.24) is 9.80 Å². The Bertz CT molecular complexity index is 565. The van der Waals surface area contributed by atoms with Crippen LogP contribution in [0.4, 0.5) is 0 Å². The normalized spacial score (nSPS) is 13.2. The van der Waals surface area contributed by atoms with Crippen molar-refractivity contribution in [3.63, 3.8) is 0 Å². The van der Waals surface area contributed by atoms with Crippen LogP contribution in [0.1, 0.15) is 137 Å². The van der Waals surface area contributed by atoms with Crippen molar-refractivity contribution in [3.05, 3.63) is 0 Å². The summed E-state index contributed by atoms with van der Waals surface area (Å²) in [5, 5.41) is 10.6. The van der Waals surface area contributed by atoms with Crippen LogP contribution in [0.5, 0.6) is 0 Å². The van der Waals surface area contributed by atoms with Crippen molar-refractivity contribution < 1.29 is 19.4 Å². The molecule has 2 unspecified atom stereocenters. The second-order valence-electron chi connectivity index (χ2n) is 12.1. The average molecular weight is 617 g/mol. The lowest BCUT2D eigenvalue weighted by Gasteiger charge is -2.26. The van der Waals surface area contributed by atoms with Crippen LogP contribution < -0.4 is 0 Å². The molecule has 0 spiro atoms. The Hall–Kier alpha value is -0.340. The fourth-order valence-electron chi connectivity index (χ4n) is 5.51. The molecule has 0 saturated carbocycles. The van der Waals surface area contributed by atoms with Gasteiger partial charge in [0.25, 0.3) is 0 Å². The molecule has 0 aliphatic carbocycles. The first kappa shape index (κ1) is 41.7. The van der Waals surface area contributed by atoms with Gasteiger partial charge in [0, 0.05) is 25.2 Å². The SMILES string of the molecule is CCCCCCCCC(CCCCCC)C(=O)OCCCCCCN(CCCN(CC)CC)CC(O)CSCCOC. The molecule has 0 bridgehead atoms. The highest BCUT2D eigenvalue weighted by Crippen LogP contribution is 2.21. The van der Waals surface area contributed by atoms with Crippen LogP contribution in [0, 0.1) is 5.92 Å². The van der Waals surface area contributed by atoms with E-state index in [1.165, 1.54) is 51.4 Å². The molecule has 0 rings (SSSR count). The predicted molar refractivity (Wildman–Crippen MR) is 184 cm³/mol. The number of methoxy groups -OCH3 is 1. The molecule has 1 N–H and O–H groups in total. The second-order valence-corrected chi connectivity index (χ2v) is 13.2. The van der Waals surface area contributed by atoms with Gasteiger partial charge < -0.3 is 24.4 Å². The van der Waals surface area contributed by atoms with Gasteiger partial charge in [-0.15, -0.1) is 0 Å². The third-order valence-electron chi connectivity index (χ3n) is 8.31. The highest BCUT2D eigenvalue weighted by Gasteiger charge is 2.19.